The van der Waals surface area contributed by atoms with Crippen LogP contribution in [-0.4, -0.2) is 33.4 Å². The van der Waals surface area contributed by atoms with Crippen LogP contribution in [-0.2, 0) is 4.65 Å². The lowest BCUT2D eigenvalue weighted by molar-refractivity contribution is -0.0981. The first-order chi connectivity index (χ1) is 10.1. The van der Waals surface area contributed by atoms with Crippen molar-refractivity contribution in [3.8, 4) is 11.3 Å². The largest absolute Gasteiger partial charge is 0.504 e. The monoisotopic (exact) mass is 323 g/mol. The molecule has 0 aliphatic rings. The van der Waals surface area contributed by atoms with Gasteiger partial charge in [-0.1, -0.05) is 12.1 Å². The summed E-state index contributed by atoms with van der Waals surface area (Å²) in [6.07, 6.45) is 0. The van der Waals surface area contributed by atoms with Crippen LogP contribution in [0.5, 0.6) is 0 Å². The summed E-state index contributed by atoms with van der Waals surface area (Å²) in [5.74, 6) is -0.413. The van der Waals surface area contributed by atoms with Gasteiger partial charge in [0.05, 0.1) is 27.2 Å². The molecule has 0 fully saturated rings. The molecule has 0 aliphatic heterocycles. The summed E-state index contributed by atoms with van der Waals surface area (Å²) in [5, 5.41) is 20.5. The van der Waals surface area contributed by atoms with Crippen LogP contribution in [0.4, 0.5) is 4.39 Å². The van der Waals surface area contributed by atoms with Crippen molar-refractivity contribution in [3.05, 3.63) is 35.6 Å². The number of aromatic nitrogens is 1. The van der Waals surface area contributed by atoms with Gasteiger partial charge in [-0.25, -0.2) is 9.37 Å². The molecule has 0 spiro atoms. The molecule has 22 heavy (non-hydrogen) atoms. The molecule has 1 heterocycles. The summed E-state index contributed by atoms with van der Waals surface area (Å²) in [7, 11) is -1.30. The fourth-order valence-electron chi connectivity index (χ4n) is 1.76. The Labute approximate surface area is 133 Å². The van der Waals surface area contributed by atoms with Crippen LogP contribution >= 0.6 is 11.3 Å². The smallest absolute Gasteiger partial charge is 0.422 e. The zero-order valence-corrected chi connectivity index (χ0v) is 13.8. The minimum atomic E-state index is -1.30. The molecule has 7 heteroatoms. The number of nitrogens with zero attached hydrogens (tertiary/aromatic N) is 1. The van der Waals surface area contributed by atoms with E-state index in [1.807, 2.05) is 0 Å². The van der Waals surface area contributed by atoms with Crippen molar-refractivity contribution in [1.29, 1.82) is 0 Å². The number of benzene rings is 1. The molecule has 1 aromatic heterocycles. The highest BCUT2D eigenvalue weighted by Crippen LogP contribution is 2.27. The summed E-state index contributed by atoms with van der Waals surface area (Å²) in [6, 6.07) is 6.24. The summed E-state index contributed by atoms with van der Waals surface area (Å²) in [5.41, 5.74) is 0.0326. The molecule has 0 radical (unpaired) electrons. The van der Waals surface area contributed by atoms with Gasteiger partial charge >= 0.3 is 7.12 Å². The second-order valence-corrected chi connectivity index (χ2v) is 6.97. The van der Waals surface area contributed by atoms with Gasteiger partial charge in [-0.05, 0) is 39.8 Å². The van der Waals surface area contributed by atoms with E-state index in [9.17, 15) is 14.5 Å². The van der Waals surface area contributed by atoms with Crippen LogP contribution in [0, 0.1) is 5.82 Å². The molecule has 1 aromatic carbocycles. The van der Waals surface area contributed by atoms with Crippen LogP contribution in [0.25, 0.3) is 11.3 Å². The first kappa shape index (κ1) is 17.1. The van der Waals surface area contributed by atoms with E-state index in [1.165, 1.54) is 22.9 Å². The van der Waals surface area contributed by atoms with Gasteiger partial charge in [-0.3, -0.25) is 0 Å². The quantitative estimate of drug-likeness (QED) is 0.828. The molecular formula is C15H19BFNO3S. The highest BCUT2D eigenvalue weighted by molar-refractivity contribution is 7.21. The topological polar surface area (TPSA) is 62.6 Å². The van der Waals surface area contributed by atoms with Crippen molar-refractivity contribution >= 4 is 23.2 Å². The molecule has 0 bridgehead atoms. The molecule has 0 aliphatic carbocycles. The van der Waals surface area contributed by atoms with E-state index in [4.69, 9.17) is 4.65 Å². The van der Waals surface area contributed by atoms with Gasteiger partial charge in [0, 0.05) is 5.56 Å². The normalized spacial score (nSPS) is 12.5. The Balaban J connectivity index is 2.32. The number of hydrogen-bond acceptors (Lipinski definition) is 5. The first-order valence-electron chi connectivity index (χ1n) is 6.90. The average molecular weight is 323 g/mol. The summed E-state index contributed by atoms with van der Waals surface area (Å²) < 4.78 is 19.9. The summed E-state index contributed by atoms with van der Waals surface area (Å²) in [4.78, 5) is 4.14. The first-order valence-corrected chi connectivity index (χ1v) is 7.78. The van der Waals surface area contributed by atoms with E-state index in [1.54, 1.807) is 45.9 Å². The van der Waals surface area contributed by atoms with Crippen molar-refractivity contribution < 1.29 is 19.2 Å². The van der Waals surface area contributed by atoms with Gasteiger partial charge in [0.25, 0.3) is 0 Å². The van der Waals surface area contributed by atoms with E-state index in [2.05, 4.69) is 4.98 Å². The predicted molar refractivity (Wildman–Crippen MR) is 86.6 cm³/mol. The Morgan fingerprint density at radius 1 is 1.23 bits per heavy atom. The number of aliphatic hydroxyl groups is 1. The second kappa shape index (κ2) is 6.08. The van der Waals surface area contributed by atoms with E-state index in [-0.39, 0.29) is 0 Å². The van der Waals surface area contributed by atoms with Crippen LogP contribution in [0.1, 0.15) is 27.7 Å². The van der Waals surface area contributed by atoms with Crippen LogP contribution in [0.15, 0.2) is 29.8 Å². The van der Waals surface area contributed by atoms with Crippen molar-refractivity contribution in [2.75, 3.05) is 0 Å². The molecule has 0 saturated carbocycles. The zero-order valence-electron chi connectivity index (χ0n) is 13.0. The fourth-order valence-corrected chi connectivity index (χ4v) is 2.47. The molecule has 0 amide bonds. The van der Waals surface area contributed by atoms with E-state index < -0.39 is 24.1 Å². The molecule has 0 atom stereocenters. The van der Waals surface area contributed by atoms with Crippen LogP contribution < -0.4 is 4.78 Å². The lowest BCUT2D eigenvalue weighted by Crippen LogP contribution is -2.53. The minimum absolute atomic E-state index is 0.308. The molecular weight excluding hydrogens is 304 g/mol. The van der Waals surface area contributed by atoms with E-state index >= 15 is 0 Å². The van der Waals surface area contributed by atoms with Gasteiger partial charge in [0.1, 0.15) is 5.82 Å². The Morgan fingerprint density at radius 3 is 2.45 bits per heavy atom. The maximum absolute atomic E-state index is 13.9. The van der Waals surface area contributed by atoms with Gasteiger partial charge < -0.3 is 14.8 Å². The maximum atomic E-state index is 13.9. The minimum Gasteiger partial charge on any atom is -0.422 e. The molecule has 2 rings (SSSR count). The number of halogens is 1. The summed E-state index contributed by atoms with van der Waals surface area (Å²) in [6.45, 7) is 6.56. The Hall–Kier alpha value is -1.28. The average Bonchev–Trinajstić information content (AvgIpc) is 2.86. The van der Waals surface area contributed by atoms with Crippen molar-refractivity contribution in [1.82, 2.24) is 4.98 Å². The molecule has 2 aromatic rings. The SMILES string of the molecule is CC(C)(O)C(C)(C)OB(O)c1scnc1-c1ccccc1F. The third-order valence-corrected chi connectivity index (χ3v) is 4.69. The van der Waals surface area contributed by atoms with Crippen molar-refractivity contribution in [2.45, 2.75) is 38.9 Å². The fraction of sp³-hybridized carbons (Fsp3) is 0.400. The highest BCUT2D eigenvalue weighted by atomic mass is 32.1. The molecule has 0 saturated heterocycles. The van der Waals surface area contributed by atoms with Gasteiger partial charge in [0.2, 0.25) is 0 Å². The van der Waals surface area contributed by atoms with E-state index in [0.29, 0.717) is 16.0 Å². The molecule has 118 valence electrons. The maximum Gasteiger partial charge on any atom is 0.504 e. The van der Waals surface area contributed by atoms with Gasteiger partial charge in [0.15, 0.2) is 0 Å². The third-order valence-electron chi connectivity index (χ3n) is 3.83. The molecule has 0 unspecified atom stereocenters. The lowest BCUT2D eigenvalue weighted by atomic mass is 9.80. The third kappa shape index (κ3) is 3.38. The molecule has 2 N–H and O–H groups in total. The highest BCUT2D eigenvalue weighted by Gasteiger charge is 2.40. The predicted octanol–water partition coefficient (Wildman–Crippen LogP) is 2.20. The second-order valence-electron chi connectivity index (χ2n) is 6.08. The van der Waals surface area contributed by atoms with E-state index in [0.717, 1.165) is 0 Å². The Morgan fingerprint density at radius 2 is 1.86 bits per heavy atom. The van der Waals surface area contributed by atoms with Crippen LogP contribution in [0.2, 0.25) is 0 Å². The van der Waals surface area contributed by atoms with Crippen molar-refractivity contribution in [3.63, 3.8) is 0 Å². The molecule has 4 nitrogen and oxygen atoms in total. The van der Waals surface area contributed by atoms with Crippen LogP contribution in [0.3, 0.4) is 0 Å². The number of thiazole rings is 1. The van der Waals surface area contributed by atoms with Crippen molar-refractivity contribution in [2.24, 2.45) is 0 Å². The lowest BCUT2D eigenvalue weighted by Gasteiger charge is -2.38. The standard InChI is InChI=1S/C15H19BFNO3S/c1-14(2,19)15(3,4)21-16(20)13-12(18-9-22-13)10-7-5-6-8-11(10)17/h5-9,19-20H,1-4H3. The number of rotatable bonds is 5. The zero-order chi connectivity index (χ0) is 16.5. The Bertz CT molecular complexity index is 654. The summed E-state index contributed by atoms with van der Waals surface area (Å²) >= 11 is 1.18. The van der Waals surface area contributed by atoms with Gasteiger partial charge in [-0.15, -0.1) is 11.3 Å². The Kier molecular flexibility index (Phi) is 4.72. The van der Waals surface area contributed by atoms with Gasteiger partial charge in [-0.2, -0.15) is 0 Å². The number of hydrogen-bond donors (Lipinski definition) is 2.